The molecule has 0 radical (unpaired) electrons. The molecule has 1 atom stereocenters. The third-order valence-electron chi connectivity index (χ3n) is 3.53. The van der Waals surface area contributed by atoms with Gasteiger partial charge >= 0.3 is 0 Å². The molecule has 1 amide bonds. The fourth-order valence-corrected chi connectivity index (χ4v) is 4.03. The topological polar surface area (TPSA) is 102 Å². The van der Waals surface area contributed by atoms with Crippen LogP contribution in [0.1, 0.15) is 32.6 Å². The average molecular weight is 321 g/mol. The molecule has 7 nitrogen and oxygen atoms in total. The summed E-state index contributed by atoms with van der Waals surface area (Å²) in [6.07, 6.45) is 2.89. The van der Waals surface area contributed by atoms with Crippen LogP contribution < -0.4 is 11.1 Å². The van der Waals surface area contributed by atoms with E-state index in [0.29, 0.717) is 26.2 Å². The SMILES string of the molecule is CCOCCS(=O)(=O)N1CCCCC1CNC(=O)CCN. The maximum atomic E-state index is 12.4. The van der Waals surface area contributed by atoms with Crippen LogP contribution in [-0.4, -0.2) is 63.3 Å². The van der Waals surface area contributed by atoms with E-state index in [-0.39, 0.29) is 30.7 Å². The highest BCUT2D eigenvalue weighted by atomic mass is 32.2. The molecule has 0 spiro atoms. The van der Waals surface area contributed by atoms with Crippen molar-refractivity contribution in [2.75, 3.05) is 38.6 Å². The molecule has 8 heteroatoms. The van der Waals surface area contributed by atoms with Crippen molar-refractivity contribution in [3.05, 3.63) is 0 Å². The Bertz CT molecular complexity index is 414. The van der Waals surface area contributed by atoms with Gasteiger partial charge in [0.15, 0.2) is 0 Å². The number of piperidine rings is 1. The second-order valence-corrected chi connectivity index (χ2v) is 7.16. The van der Waals surface area contributed by atoms with Gasteiger partial charge in [-0.3, -0.25) is 4.79 Å². The maximum absolute atomic E-state index is 12.4. The van der Waals surface area contributed by atoms with Crippen molar-refractivity contribution in [1.82, 2.24) is 9.62 Å². The van der Waals surface area contributed by atoms with E-state index in [1.165, 1.54) is 4.31 Å². The highest BCUT2D eigenvalue weighted by molar-refractivity contribution is 7.89. The van der Waals surface area contributed by atoms with Crippen LogP contribution >= 0.6 is 0 Å². The summed E-state index contributed by atoms with van der Waals surface area (Å²) in [5.41, 5.74) is 5.32. The lowest BCUT2D eigenvalue weighted by atomic mass is 10.1. The number of rotatable bonds is 9. The smallest absolute Gasteiger partial charge is 0.221 e. The van der Waals surface area contributed by atoms with E-state index in [1.54, 1.807) is 0 Å². The van der Waals surface area contributed by atoms with E-state index < -0.39 is 10.0 Å². The zero-order valence-corrected chi connectivity index (χ0v) is 13.5. The molecule has 1 fully saturated rings. The van der Waals surface area contributed by atoms with E-state index in [2.05, 4.69) is 5.32 Å². The molecule has 3 N–H and O–H groups in total. The number of nitrogens with two attached hydrogens (primary N) is 1. The number of nitrogens with one attached hydrogen (secondary N) is 1. The van der Waals surface area contributed by atoms with E-state index in [9.17, 15) is 13.2 Å². The summed E-state index contributed by atoms with van der Waals surface area (Å²) in [4.78, 5) is 11.5. The van der Waals surface area contributed by atoms with Crippen LogP contribution in [0.2, 0.25) is 0 Å². The predicted molar refractivity (Wildman–Crippen MR) is 81.3 cm³/mol. The molecule has 1 heterocycles. The number of carbonyl (C=O) groups excluding carboxylic acids is 1. The molecule has 0 aliphatic carbocycles. The van der Waals surface area contributed by atoms with Crippen LogP contribution in [0.25, 0.3) is 0 Å². The Morgan fingerprint density at radius 2 is 2.19 bits per heavy atom. The van der Waals surface area contributed by atoms with Crippen LogP contribution in [0.3, 0.4) is 0 Å². The van der Waals surface area contributed by atoms with Gasteiger partial charge in [-0.05, 0) is 19.8 Å². The third-order valence-corrected chi connectivity index (χ3v) is 5.40. The molecular formula is C13H27N3O4S. The number of hydrogen-bond donors (Lipinski definition) is 2. The Kier molecular flexibility index (Phi) is 8.16. The standard InChI is InChI=1S/C13H27N3O4S/c1-2-20-9-10-21(18,19)16-8-4-3-5-12(16)11-15-13(17)6-7-14/h12H,2-11,14H2,1H3,(H,15,17). The van der Waals surface area contributed by atoms with Gasteiger partial charge in [-0.25, -0.2) is 8.42 Å². The fraction of sp³-hybridized carbons (Fsp3) is 0.923. The number of amides is 1. The predicted octanol–water partition coefficient (Wildman–Crippen LogP) is -0.328. The van der Waals surface area contributed by atoms with Gasteiger partial charge < -0.3 is 15.8 Å². The molecule has 0 saturated carbocycles. The van der Waals surface area contributed by atoms with Crippen LogP contribution in [0.5, 0.6) is 0 Å². The zero-order chi connectivity index (χ0) is 15.7. The van der Waals surface area contributed by atoms with Crippen molar-refractivity contribution in [3.8, 4) is 0 Å². The number of sulfonamides is 1. The molecule has 1 aliphatic rings. The van der Waals surface area contributed by atoms with Crippen molar-refractivity contribution >= 4 is 15.9 Å². The van der Waals surface area contributed by atoms with Crippen molar-refractivity contribution in [2.45, 2.75) is 38.6 Å². The number of nitrogens with zero attached hydrogens (tertiary/aromatic N) is 1. The molecule has 21 heavy (non-hydrogen) atoms. The first-order chi connectivity index (χ1) is 10.0. The van der Waals surface area contributed by atoms with Crippen molar-refractivity contribution in [3.63, 3.8) is 0 Å². The maximum Gasteiger partial charge on any atom is 0.221 e. The summed E-state index contributed by atoms with van der Waals surface area (Å²) in [6.45, 7) is 3.73. The van der Waals surface area contributed by atoms with Gasteiger partial charge in [0.25, 0.3) is 0 Å². The second kappa shape index (κ2) is 9.34. The molecule has 1 aliphatic heterocycles. The Hall–Kier alpha value is -0.700. The monoisotopic (exact) mass is 321 g/mol. The van der Waals surface area contributed by atoms with E-state index in [4.69, 9.17) is 10.5 Å². The Morgan fingerprint density at radius 1 is 1.43 bits per heavy atom. The van der Waals surface area contributed by atoms with E-state index in [1.807, 2.05) is 6.92 Å². The summed E-state index contributed by atoms with van der Waals surface area (Å²) >= 11 is 0. The van der Waals surface area contributed by atoms with Gasteiger partial charge in [-0.1, -0.05) is 6.42 Å². The first-order valence-electron chi connectivity index (χ1n) is 7.55. The van der Waals surface area contributed by atoms with Crippen molar-refractivity contribution in [1.29, 1.82) is 0 Å². The van der Waals surface area contributed by atoms with E-state index >= 15 is 0 Å². The molecule has 0 aromatic rings. The summed E-state index contributed by atoms with van der Waals surface area (Å²) < 4.78 is 31.4. The number of ether oxygens (including phenoxy) is 1. The second-order valence-electron chi connectivity index (χ2n) is 5.12. The minimum absolute atomic E-state index is 0.00587. The molecule has 0 aromatic heterocycles. The molecule has 1 unspecified atom stereocenters. The summed E-state index contributed by atoms with van der Waals surface area (Å²) in [5, 5.41) is 2.77. The van der Waals surface area contributed by atoms with Crippen molar-refractivity contribution in [2.24, 2.45) is 5.73 Å². The highest BCUT2D eigenvalue weighted by Gasteiger charge is 2.32. The first-order valence-corrected chi connectivity index (χ1v) is 9.16. The van der Waals surface area contributed by atoms with Gasteiger partial charge in [0.2, 0.25) is 15.9 Å². The fourth-order valence-electron chi connectivity index (χ4n) is 2.42. The lowest BCUT2D eigenvalue weighted by Gasteiger charge is -2.34. The molecule has 0 bridgehead atoms. The minimum Gasteiger partial charge on any atom is -0.381 e. The summed E-state index contributed by atoms with van der Waals surface area (Å²) in [5.74, 6) is -0.136. The van der Waals surface area contributed by atoms with E-state index in [0.717, 1.165) is 19.3 Å². The molecular weight excluding hydrogens is 294 g/mol. The lowest BCUT2D eigenvalue weighted by molar-refractivity contribution is -0.121. The van der Waals surface area contributed by atoms with Crippen LogP contribution in [-0.2, 0) is 19.6 Å². The van der Waals surface area contributed by atoms with Crippen LogP contribution in [0, 0.1) is 0 Å². The average Bonchev–Trinajstić information content (AvgIpc) is 2.46. The normalized spacial score (nSPS) is 20.4. The largest absolute Gasteiger partial charge is 0.381 e. The summed E-state index contributed by atoms with van der Waals surface area (Å²) in [7, 11) is -3.33. The lowest BCUT2D eigenvalue weighted by Crippen LogP contribution is -2.50. The Labute approximate surface area is 127 Å². The molecule has 0 aromatic carbocycles. The molecule has 1 saturated heterocycles. The van der Waals surface area contributed by atoms with Gasteiger partial charge in [-0.2, -0.15) is 4.31 Å². The van der Waals surface area contributed by atoms with Gasteiger partial charge in [0, 0.05) is 38.7 Å². The number of hydrogen-bond acceptors (Lipinski definition) is 5. The third kappa shape index (κ3) is 6.29. The van der Waals surface area contributed by atoms with Gasteiger partial charge in [-0.15, -0.1) is 0 Å². The van der Waals surface area contributed by atoms with Gasteiger partial charge in [0.1, 0.15) is 0 Å². The highest BCUT2D eigenvalue weighted by Crippen LogP contribution is 2.20. The Morgan fingerprint density at radius 3 is 2.86 bits per heavy atom. The first kappa shape index (κ1) is 18.3. The van der Waals surface area contributed by atoms with Crippen LogP contribution in [0.4, 0.5) is 0 Å². The van der Waals surface area contributed by atoms with Crippen molar-refractivity contribution < 1.29 is 17.9 Å². The van der Waals surface area contributed by atoms with Crippen LogP contribution in [0.15, 0.2) is 0 Å². The zero-order valence-electron chi connectivity index (χ0n) is 12.7. The minimum atomic E-state index is -3.33. The number of carbonyl (C=O) groups is 1. The molecule has 1 rings (SSSR count). The molecule has 124 valence electrons. The summed E-state index contributed by atoms with van der Waals surface area (Å²) in [6, 6.07) is -0.160. The Balaban J connectivity index is 2.57. The quantitative estimate of drug-likeness (QED) is 0.566. The van der Waals surface area contributed by atoms with Gasteiger partial charge in [0.05, 0.1) is 12.4 Å².